The van der Waals surface area contributed by atoms with Crippen LogP contribution in [0.3, 0.4) is 0 Å². The Hall–Kier alpha value is -0.820. The first-order valence-corrected chi connectivity index (χ1v) is 7.62. The van der Waals surface area contributed by atoms with Gasteiger partial charge in [-0.15, -0.1) is 0 Å². The first-order valence-electron chi connectivity index (χ1n) is 7.62. The summed E-state index contributed by atoms with van der Waals surface area (Å²) in [5, 5.41) is 0. The van der Waals surface area contributed by atoms with Gasteiger partial charge in [0, 0.05) is 19.1 Å². The van der Waals surface area contributed by atoms with Crippen LogP contribution >= 0.6 is 0 Å². The third-order valence-electron chi connectivity index (χ3n) is 4.69. The molecule has 2 aliphatic heterocycles. The number of carbonyl (C=O) groups excluding carboxylic acids is 1. The minimum Gasteiger partial charge on any atom is -0.341 e. The number of hydrogen-bond acceptors (Lipinski definition) is 3. The summed E-state index contributed by atoms with van der Waals surface area (Å²) in [5.41, 5.74) is 2.43. The van der Waals surface area contributed by atoms with Crippen molar-refractivity contribution in [2.45, 2.75) is 56.8 Å². The first-order chi connectivity index (χ1) is 9.73. The van der Waals surface area contributed by atoms with Gasteiger partial charge >= 0.3 is 6.18 Å². The zero-order chi connectivity index (χ0) is 15.7. The highest BCUT2D eigenvalue weighted by molar-refractivity contribution is 5.86. The molecular weight excluding hydrogens is 283 g/mol. The lowest BCUT2D eigenvalue weighted by molar-refractivity contribution is -0.194. The van der Waals surface area contributed by atoms with Gasteiger partial charge in [0.25, 0.3) is 5.91 Å². The number of nitrogens with zero attached hydrogens (tertiary/aromatic N) is 2. The van der Waals surface area contributed by atoms with Gasteiger partial charge in [-0.1, -0.05) is 6.42 Å². The molecule has 4 nitrogen and oxygen atoms in total. The second-order valence-electron chi connectivity index (χ2n) is 6.32. The van der Waals surface area contributed by atoms with Gasteiger partial charge in [0.1, 0.15) is 0 Å². The van der Waals surface area contributed by atoms with Crippen LogP contribution < -0.4 is 5.73 Å². The van der Waals surface area contributed by atoms with Gasteiger partial charge in [0.05, 0.1) is 0 Å². The highest BCUT2D eigenvalue weighted by Gasteiger charge is 2.55. The maximum absolute atomic E-state index is 12.8. The van der Waals surface area contributed by atoms with Crippen LogP contribution in [0.2, 0.25) is 0 Å². The third kappa shape index (κ3) is 3.51. The summed E-state index contributed by atoms with van der Waals surface area (Å²) < 4.78 is 38.5. The number of carbonyl (C=O) groups is 1. The number of piperidine rings is 2. The van der Waals surface area contributed by atoms with Gasteiger partial charge in [0.2, 0.25) is 0 Å². The molecule has 0 saturated carbocycles. The summed E-state index contributed by atoms with van der Waals surface area (Å²) in [5.74, 6) is -1.01. The van der Waals surface area contributed by atoms with Crippen molar-refractivity contribution in [2.75, 3.05) is 26.2 Å². The van der Waals surface area contributed by atoms with Gasteiger partial charge in [-0.2, -0.15) is 13.2 Å². The Bertz CT molecular complexity index is 370. The van der Waals surface area contributed by atoms with E-state index in [0.717, 1.165) is 32.9 Å². The van der Waals surface area contributed by atoms with E-state index in [1.165, 1.54) is 24.2 Å². The highest BCUT2D eigenvalue weighted by atomic mass is 19.4. The Morgan fingerprint density at radius 1 is 1.05 bits per heavy atom. The molecule has 7 heteroatoms. The van der Waals surface area contributed by atoms with Gasteiger partial charge in [-0.25, -0.2) is 0 Å². The zero-order valence-corrected chi connectivity index (χ0v) is 12.5. The average Bonchev–Trinajstić information content (AvgIpc) is 2.46. The molecule has 1 atom stereocenters. The van der Waals surface area contributed by atoms with Crippen molar-refractivity contribution in [3.8, 4) is 0 Å². The number of alkyl halides is 3. The van der Waals surface area contributed by atoms with E-state index >= 15 is 0 Å². The summed E-state index contributed by atoms with van der Waals surface area (Å²) in [6, 6.07) is 0.393. The standard InChI is InChI=1S/C14H24F3N3O/c1-13(18,14(15,16)17)12(21)20-9-5-11(6-10-20)19-7-3-2-4-8-19/h11H,2-10,18H2,1H3. The largest absolute Gasteiger partial charge is 0.415 e. The Morgan fingerprint density at radius 3 is 2.05 bits per heavy atom. The van der Waals surface area contributed by atoms with Crippen molar-refractivity contribution in [3.05, 3.63) is 0 Å². The molecule has 2 rings (SSSR count). The van der Waals surface area contributed by atoms with Gasteiger partial charge in [-0.3, -0.25) is 4.79 Å². The molecule has 2 N–H and O–H groups in total. The van der Waals surface area contributed by atoms with Gasteiger partial charge in [-0.05, 0) is 45.7 Å². The quantitative estimate of drug-likeness (QED) is 0.845. The van der Waals surface area contributed by atoms with Crippen LogP contribution in [0.4, 0.5) is 13.2 Å². The van der Waals surface area contributed by atoms with Gasteiger partial charge < -0.3 is 15.5 Å². The second-order valence-corrected chi connectivity index (χ2v) is 6.32. The van der Waals surface area contributed by atoms with E-state index in [-0.39, 0.29) is 0 Å². The molecule has 0 aromatic heterocycles. The summed E-state index contributed by atoms with van der Waals surface area (Å²) in [6.45, 7) is 3.61. The molecule has 0 aliphatic carbocycles. The van der Waals surface area contributed by atoms with E-state index in [1.807, 2.05) is 0 Å². The predicted octanol–water partition coefficient (Wildman–Crippen LogP) is 1.74. The monoisotopic (exact) mass is 307 g/mol. The Labute approximate surface area is 123 Å². The maximum atomic E-state index is 12.8. The van der Waals surface area contributed by atoms with E-state index in [4.69, 9.17) is 5.73 Å². The summed E-state index contributed by atoms with van der Waals surface area (Å²) in [6.07, 6.45) is 0.389. The Kier molecular flexibility index (Phi) is 4.82. The number of nitrogens with two attached hydrogens (primary N) is 1. The lowest BCUT2D eigenvalue weighted by Gasteiger charge is -2.42. The number of hydrogen-bond donors (Lipinski definition) is 1. The Morgan fingerprint density at radius 2 is 1.57 bits per heavy atom. The molecular formula is C14H24F3N3O. The topological polar surface area (TPSA) is 49.6 Å². The molecule has 21 heavy (non-hydrogen) atoms. The fraction of sp³-hybridized carbons (Fsp3) is 0.929. The van der Waals surface area contributed by atoms with Crippen LogP contribution in [0.15, 0.2) is 0 Å². The molecule has 0 bridgehead atoms. The Balaban J connectivity index is 1.90. The van der Waals surface area contributed by atoms with Crippen molar-refractivity contribution in [1.29, 1.82) is 0 Å². The van der Waals surface area contributed by atoms with E-state index < -0.39 is 17.6 Å². The molecule has 2 fully saturated rings. The lowest BCUT2D eigenvalue weighted by Crippen LogP contribution is -2.63. The molecule has 2 saturated heterocycles. The maximum Gasteiger partial charge on any atom is 0.415 e. The van der Waals surface area contributed by atoms with Crippen LogP contribution in [0.5, 0.6) is 0 Å². The summed E-state index contributed by atoms with van der Waals surface area (Å²) >= 11 is 0. The van der Waals surface area contributed by atoms with Crippen LogP contribution in [-0.4, -0.2) is 59.6 Å². The van der Waals surface area contributed by atoms with Crippen molar-refractivity contribution < 1.29 is 18.0 Å². The number of rotatable bonds is 2. The molecule has 1 amide bonds. The fourth-order valence-electron chi connectivity index (χ4n) is 3.17. The zero-order valence-electron chi connectivity index (χ0n) is 12.5. The lowest BCUT2D eigenvalue weighted by atomic mass is 9.96. The highest BCUT2D eigenvalue weighted by Crippen LogP contribution is 2.31. The SMILES string of the molecule is CC(N)(C(=O)N1CCC(N2CCCCC2)CC1)C(F)(F)F. The van der Waals surface area contributed by atoms with E-state index in [9.17, 15) is 18.0 Å². The molecule has 1 unspecified atom stereocenters. The average molecular weight is 307 g/mol. The normalized spacial score (nSPS) is 25.7. The van der Waals surface area contributed by atoms with Crippen LogP contribution in [0.1, 0.15) is 39.0 Å². The van der Waals surface area contributed by atoms with Crippen molar-refractivity contribution in [3.63, 3.8) is 0 Å². The van der Waals surface area contributed by atoms with Crippen LogP contribution in [0.25, 0.3) is 0 Å². The second kappa shape index (κ2) is 6.12. The van der Waals surface area contributed by atoms with E-state index in [0.29, 0.717) is 19.1 Å². The van der Waals surface area contributed by atoms with E-state index in [2.05, 4.69) is 4.90 Å². The minimum atomic E-state index is -4.71. The summed E-state index contributed by atoms with van der Waals surface area (Å²) in [7, 11) is 0. The first kappa shape index (κ1) is 16.5. The molecule has 2 aliphatic rings. The number of amides is 1. The molecule has 0 aromatic carbocycles. The molecule has 0 radical (unpaired) electrons. The minimum absolute atomic E-state index is 0.364. The molecule has 0 spiro atoms. The van der Waals surface area contributed by atoms with Gasteiger partial charge in [0.15, 0.2) is 5.54 Å². The predicted molar refractivity (Wildman–Crippen MR) is 73.7 cm³/mol. The smallest absolute Gasteiger partial charge is 0.341 e. The molecule has 0 aromatic rings. The number of likely N-dealkylation sites (tertiary alicyclic amines) is 2. The fourth-order valence-corrected chi connectivity index (χ4v) is 3.17. The molecule has 2 heterocycles. The van der Waals surface area contributed by atoms with E-state index in [1.54, 1.807) is 0 Å². The van der Waals surface area contributed by atoms with Crippen LogP contribution in [0, 0.1) is 0 Å². The van der Waals surface area contributed by atoms with Crippen LogP contribution in [-0.2, 0) is 4.79 Å². The molecule has 122 valence electrons. The van der Waals surface area contributed by atoms with Crippen molar-refractivity contribution in [1.82, 2.24) is 9.80 Å². The number of halogens is 3. The summed E-state index contributed by atoms with van der Waals surface area (Å²) in [4.78, 5) is 15.7. The third-order valence-corrected chi connectivity index (χ3v) is 4.69. The van der Waals surface area contributed by atoms with Crippen molar-refractivity contribution >= 4 is 5.91 Å². The van der Waals surface area contributed by atoms with Crippen molar-refractivity contribution in [2.24, 2.45) is 5.73 Å².